The second-order valence-electron chi connectivity index (χ2n) is 11.0. The van der Waals surface area contributed by atoms with Crippen molar-refractivity contribution in [1.82, 2.24) is 4.98 Å². The number of aromatic nitrogens is 1. The lowest BCUT2D eigenvalue weighted by Crippen LogP contribution is -1.83. The molecule has 0 unspecified atom stereocenters. The van der Waals surface area contributed by atoms with Crippen molar-refractivity contribution in [3.63, 3.8) is 0 Å². The molecule has 0 amide bonds. The van der Waals surface area contributed by atoms with Crippen molar-refractivity contribution in [2.75, 3.05) is 0 Å². The van der Waals surface area contributed by atoms with Gasteiger partial charge in [-0.25, -0.2) is 0 Å². The summed E-state index contributed by atoms with van der Waals surface area (Å²) >= 11 is 0. The Morgan fingerprint density at radius 2 is 1.12 bits per heavy atom. The summed E-state index contributed by atoms with van der Waals surface area (Å²) in [5, 5.41) is 11.7. The summed E-state index contributed by atoms with van der Waals surface area (Å²) in [6.45, 7) is 0. The Morgan fingerprint density at radius 1 is 0.415 bits per heavy atom. The first-order valence-electron chi connectivity index (χ1n) is 13.9. The molecule has 190 valence electrons. The van der Waals surface area contributed by atoms with Crippen LogP contribution in [0.15, 0.2) is 130 Å². The second-order valence-corrected chi connectivity index (χ2v) is 11.0. The lowest BCUT2D eigenvalue weighted by Gasteiger charge is -2.08. The largest absolute Gasteiger partial charge is 0.456 e. The third-order valence-corrected chi connectivity index (χ3v) is 8.78. The molecule has 3 heterocycles. The van der Waals surface area contributed by atoms with Gasteiger partial charge in [0.2, 0.25) is 0 Å². The number of fused-ring (bicyclic) bond motifs is 15. The van der Waals surface area contributed by atoms with E-state index in [4.69, 9.17) is 8.83 Å². The normalized spacial score (nSPS) is 12.4. The molecule has 3 heteroatoms. The number of furan rings is 2. The molecule has 41 heavy (non-hydrogen) atoms. The zero-order valence-corrected chi connectivity index (χ0v) is 21.9. The Bertz CT molecular complexity index is 2700. The number of rotatable bonds is 1. The Kier molecular flexibility index (Phi) is 3.93. The van der Waals surface area contributed by atoms with E-state index >= 15 is 0 Å². The zero-order valence-electron chi connectivity index (χ0n) is 21.9. The molecular weight excluding hydrogens is 502 g/mol. The van der Waals surface area contributed by atoms with Gasteiger partial charge in [0.05, 0.1) is 5.52 Å². The Morgan fingerprint density at radius 3 is 2.05 bits per heavy atom. The van der Waals surface area contributed by atoms with Gasteiger partial charge in [-0.15, -0.1) is 0 Å². The lowest BCUT2D eigenvalue weighted by atomic mass is 9.94. The van der Waals surface area contributed by atoms with Crippen molar-refractivity contribution in [2.24, 2.45) is 0 Å². The molecule has 0 atom stereocenters. The maximum atomic E-state index is 6.77. The van der Waals surface area contributed by atoms with E-state index < -0.39 is 0 Å². The van der Waals surface area contributed by atoms with Crippen LogP contribution < -0.4 is 0 Å². The molecule has 0 aliphatic carbocycles. The molecular formula is C38H21NO2. The number of H-pyrrole nitrogens is 1. The fraction of sp³-hybridized carbons (Fsp3) is 0. The number of nitrogens with one attached hydrogen (secondary N) is 1. The molecule has 3 aromatic heterocycles. The van der Waals surface area contributed by atoms with Crippen LogP contribution in [0, 0.1) is 0 Å². The molecule has 10 rings (SSSR count). The third kappa shape index (κ3) is 2.77. The van der Waals surface area contributed by atoms with Gasteiger partial charge in [-0.1, -0.05) is 84.9 Å². The highest BCUT2D eigenvalue weighted by Crippen LogP contribution is 2.45. The SMILES string of the molecule is c1ccc2c(c1)ccc1c2oc2c3[nH]c4ccccc4c3c3cc(-c4ccc5oc6ccccc6c5c4)ccc3c12. The molecule has 0 aliphatic rings. The molecule has 3 nitrogen and oxygen atoms in total. The van der Waals surface area contributed by atoms with Crippen LogP contribution in [0.4, 0.5) is 0 Å². The van der Waals surface area contributed by atoms with Gasteiger partial charge in [-0.2, -0.15) is 0 Å². The Labute approximate surface area is 233 Å². The number of hydrogen-bond acceptors (Lipinski definition) is 2. The molecule has 0 bridgehead atoms. The standard InChI is InChI=1S/C38H21NO2/c1-2-8-24-21(7-1)13-17-28-35-26-16-14-22(23-15-18-33-29(19-23)25-9-4-6-12-32(25)40-33)20-30(26)34-27-10-3-5-11-31(27)39-36(34)38(35)41-37(24)28/h1-20,39H. The summed E-state index contributed by atoms with van der Waals surface area (Å²) in [4.78, 5) is 3.72. The van der Waals surface area contributed by atoms with Crippen molar-refractivity contribution >= 4 is 87.2 Å². The van der Waals surface area contributed by atoms with Gasteiger partial charge < -0.3 is 13.8 Å². The van der Waals surface area contributed by atoms with Crippen LogP contribution >= 0.6 is 0 Å². The average Bonchev–Trinajstić information content (AvgIpc) is 3.72. The molecule has 0 radical (unpaired) electrons. The zero-order chi connectivity index (χ0) is 26.7. The third-order valence-electron chi connectivity index (χ3n) is 8.78. The van der Waals surface area contributed by atoms with Crippen LogP contribution in [0.5, 0.6) is 0 Å². The van der Waals surface area contributed by atoms with Crippen molar-refractivity contribution in [1.29, 1.82) is 0 Å². The minimum absolute atomic E-state index is 0.911. The predicted octanol–water partition coefficient (Wildman–Crippen LogP) is 11.1. The highest BCUT2D eigenvalue weighted by Gasteiger charge is 2.21. The van der Waals surface area contributed by atoms with Gasteiger partial charge in [0, 0.05) is 43.2 Å². The summed E-state index contributed by atoms with van der Waals surface area (Å²) in [6, 6.07) is 43.0. The van der Waals surface area contributed by atoms with E-state index in [1.54, 1.807) is 0 Å². The van der Waals surface area contributed by atoms with Gasteiger partial charge in [-0.3, -0.25) is 0 Å². The van der Waals surface area contributed by atoms with E-state index in [-0.39, 0.29) is 0 Å². The van der Waals surface area contributed by atoms with Gasteiger partial charge in [0.1, 0.15) is 16.7 Å². The summed E-state index contributed by atoms with van der Waals surface area (Å²) in [7, 11) is 0. The fourth-order valence-corrected chi connectivity index (χ4v) is 6.91. The van der Waals surface area contributed by atoms with E-state index in [0.29, 0.717) is 0 Å². The van der Waals surface area contributed by atoms with E-state index in [1.807, 2.05) is 12.1 Å². The minimum Gasteiger partial charge on any atom is -0.456 e. The van der Waals surface area contributed by atoms with Crippen molar-refractivity contribution in [3.05, 3.63) is 121 Å². The molecule has 10 aromatic rings. The van der Waals surface area contributed by atoms with Crippen LogP contribution in [0.3, 0.4) is 0 Å². The summed E-state index contributed by atoms with van der Waals surface area (Å²) in [5.74, 6) is 0. The number of benzene rings is 7. The van der Waals surface area contributed by atoms with Gasteiger partial charge in [-0.05, 0) is 63.7 Å². The van der Waals surface area contributed by atoms with E-state index in [1.165, 1.54) is 38.1 Å². The first-order chi connectivity index (χ1) is 20.3. The Balaban J connectivity index is 1.35. The monoisotopic (exact) mass is 523 g/mol. The predicted molar refractivity (Wildman–Crippen MR) is 171 cm³/mol. The number of hydrogen-bond donors (Lipinski definition) is 1. The van der Waals surface area contributed by atoms with E-state index in [2.05, 4.69) is 114 Å². The van der Waals surface area contributed by atoms with Crippen LogP contribution in [-0.4, -0.2) is 4.98 Å². The first kappa shape index (κ1) is 21.3. The van der Waals surface area contributed by atoms with Crippen LogP contribution in [0.25, 0.3) is 98.4 Å². The quantitative estimate of drug-likeness (QED) is 0.232. The fourth-order valence-electron chi connectivity index (χ4n) is 6.91. The maximum absolute atomic E-state index is 6.77. The number of para-hydroxylation sites is 2. The molecule has 0 saturated heterocycles. The number of aromatic amines is 1. The molecule has 0 saturated carbocycles. The van der Waals surface area contributed by atoms with E-state index in [9.17, 15) is 0 Å². The molecule has 0 spiro atoms. The average molecular weight is 524 g/mol. The van der Waals surface area contributed by atoms with Crippen molar-refractivity contribution in [2.45, 2.75) is 0 Å². The van der Waals surface area contributed by atoms with Gasteiger partial charge >= 0.3 is 0 Å². The molecule has 0 fully saturated rings. The second kappa shape index (κ2) is 7.56. The van der Waals surface area contributed by atoms with Crippen LogP contribution in [-0.2, 0) is 0 Å². The minimum atomic E-state index is 0.911. The van der Waals surface area contributed by atoms with Gasteiger partial charge in [0.25, 0.3) is 0 Å². The summed E-state index contributed by atoms with van der Waals surface area (Å²) in [5.41, 5.74) is 8.17. The highest BCUT2D eigenvalue weighted by atomic mass is 16.3. The summed E-state index contributed by atoms with van der Waals surface area (Å²) in [6.07, 6.45) is 0. The smallest absolute Gasteiger partial charge is 0.160 e. The van der Waals surface area contributed by atoms with Crippen LogP contribution in [0.2, 0.25) is 0 Å². The highest BCUT2D eigenvalue weighted by molar-refractivity contribution is 6.35. The molecule has 0 aliphatic heterocycles. The van der Waals surface area contributed by atoms with Gasteiger partial charge in [0.15, 0.2) is 5.58 Å². The maximum Gasteiger partial charge on any atom is 0.160 e. The van der Waals surface area contributed by atoms with Crippen LogP contribution in [0.1, 0.15) is 0 Å². The molecule has 1 N–H and O–H groups in total. The van der Waals surface area contributed by atoms with Crippen molar-refractivity contribution in [3.8, 4) is 11.1 Å². The Hall–Kier alpha value is -5.54. The topological polar surface area (TPSA) is 42.1 Å². The van der Waals surface area contributed by atoms with Crippen molar-refractivity contribution < 1.29 is 8.83 Å². The molecule has 7 aromatic carbocycles. The first-order valence-corrected chi connectivity index (χ1v) is 13.9. The lowest BCUT2D eigenvalue weighted by molar-refractivity contribution is 0.669. The van der Waals surface area contributed by atoms with E-state index in [0.717, 1.165) is 60.3 Å². The summed E-state index contributed by atoms with van der Waals surface area (Å²) < 4.78 is 12.9.